The Kier molecular flexibility index (Phi) is 39.4. The predicted octanol–water partition coefficient (Wildman–Crippen LogP) is 19.3. The zero-order valence-corrected chi connectivity index (χ0v) is 74.0. The number of carbonyl (C=O) groups excluding carboxylic acids is 2. The van der Waals surface area contributed by atoms with E-state index >= 15 is 0 Å². The van der Waals surface area contributed by atoms with Gasteiger partial charge in [0.2, 0.25) is 0 Å². The van der Waals surface area contributed by atoms with Gasteiger partial charge in [-0.2, -0.15) is 0 Å². The Balaban J connectivity index is 0.000000188. The molecule has 8 aromatic heterocycles. The van der Waals surface area contributed by atoms with Crippen molar-refractivity contribution < 1.29 is 52.2 Å². The lowest BCUT2D eigenvalue weighted by Gasteiger charge is -2.11. The number of pyridine rings is 4. The molecule has 9 aromatic carbocycles. The first-order valence-electron chi connectivity index (χ1n) is 40.4. The van der Waals surface area contributed by atoms with Gasteiger partial charge >= 0.3 is 5.97 Å². The number of rotatable bonds is 23. The molecule has 24 heteroatoms. The minimum absolute atomic E-state index is 0. The maximum absolute atomic E-state index is 11.5. The molecular formula is C100H106ClIN12O8P2. The van der Waals surface area contributed by atoms with Gasteiger partial charge in [0.25, 0.3) is 0 Å². The molecule has 0 radical (unpaired) electrons. The fraction of sp³-hybridized carbons (Fsp3) is 0.180. The van der Waals surface area contributed by atoms with Gasteiger partial charge in [-0.1, -0.05) is 190 Å². The van der Waals surface area contributed by atoms with Crippen LogP contribution in [-0.2, 0) is 30.3 Å². The van der Waals surface area contributed by atoms with E-state index in [1.165, 1.54) is 46.2 Å². The number of methoxy groups -OCH3 is 1. The highest BCUT2D eigenvalue weighted by atomic mass is 127. The second-order valence-corrected chi connectivity index (χ2v) is 31.7. The summed E-state index contributed by atoms with van der Waals surface area (Å²) in [7, 11) is 0.567. The SMILES string of the molecule is C.C.CCOc1ccc(-n2cnc3cc(/C=C\c4ccc(CC)cc4)cnc32)cc1.CCOc1ccc(-n2cnc3cc(C(=O)OC)cnc32)cc1.CCOc1ccc(-n2cnc3cc(C=O)cnc32)cc1.CCOc1ccc(-n2cnc3cc(CO)cnc32)cc1.CCc1ccc(C[PH+](c2ccccc2)c2ccccc2)cc1.[2H]CPI.[Cl-].c1ccccc1. The van der Waals surface area contributed by atoms with E-state index in [4.69, 9.17) is 25.4 Å². The van der Waals surface area contributed by atoms with Crippen molar-refractivity contribution in [3.05, 3.63) is 362 Å². The summed E-state index contributed by atoms with van der Waals surface area (Å²) in [6, 6.07) is 90.1. The number of fused-ring (bicyclic) bond motifs is 4. The van der Waals surface area contributed by atoms with Crippen molar-refractivity contribution in [2.45, 2.75) is 82.0 Å². The highest BCUT2D eigenvalue weighted by molar-refractivity contribution is 14.2. The Hall–Kier alpha value is -12.6. The Morgan fingerprint density at radius 2 is 0.734 bits per heavy atom. The molecule has 0 aliphatic heterocycles. The first-order valence-corrected chi connectivity index (χ1v) is 45.8. The second-order valence-electron chi connectivity index (χ2n) is 26.7. The van der Waals surface area contributed by atoms with E-state index in [0.717, 1.165) is 116 Å². The van der Waals surface area contributed by atoms with Crippen LogP contribution in [0.1, 0.15) is 112 Å². The van der Waals surface area contributed by atoms with Crippen molar-refractivity contribution in [2.24, 2.45) is 0 Å². The molecule has 1 atom stereocenters. The monoisotopic (exact) mass is 1830 g/mol. The molecular weight excluding hydrogens is 1720 g/mol. The highest BCUT2D eigenvalue weighted by Crippen LogP contribution is 2.38. The molecule has 0 bridgehead atoms. The summed E-state index contributed by atoms with van der Waals surface area (Å²) in [5.74, 6) is 2.93. The first kappa shape index (κ1) is 95.2. The van der Waals surface area contributed by atoms with Crippen molar-refractivity contribution in [1.29, 1.82) is 0 Å². The van der Waals surface area contributed by atoms with E-state index in [2.05, 4.69) is 208 Å². The van der Waals surface area contributed by atoms with E-state index in [9.17, 15) is 9.59 Å². The Labute approximate surface area is 750 Å². The first-order chi connectivity index (χ1) is 59.9. The molecule has 0 saturated heterocycles. The molecule has 8 heterocycles. The number of halogens is 2. The average Bonchev–Trinajstić information content (AvgIpc) is 1.68. The van der Waals surface area contributed by atoms with E-state index in [0.29, 0.717) is 60.9 Å². The number of ether oxygens (including phenoxy) is 5. The van der Waals surface area contributed by atoms with E-state index < -0.39 is 13.9 Å². The van der Waals surface area contributed by atoms with Gasteiger partial charge in [-0.25, -0.2) is 44.7 Å². The number of esters is 1. The number of hydrogen-bond donors (Lipinski definition) is 1. The zero-order chi connectivity index (χ0) is 85.6. The van der Waals surface area contributed by atoms with Crippen LogP contribution in [0.25, 0.3) is 79.6 Å². The number of benzene rings is 9. The number of carbonyl (C=O) groups is 2. The molecule has 0 fully saturated rings. The third-order valence-electron chi connectivity index (χ3n) is 18.7. The van der Waals surface area contributed by atoms with Crippen LogP contribution in [0.4, 0.5) is 0 Å². The molecule has 1 unspecified atom stereocenters. The topological polar surface area (TPSA) is 223 Å². The molecule has 1 N–H and O–H groups in total. The van der Waals surface area contributed by atoms with Crippen molar-refractivity contribution in [1.82, 2.24) is 58.1 Å². The van der Waals surface area contributed by atoms with Gasteiger partial charge < -0.3 is 41.2 Å². The minimum Gasteiger partial charge on any atom is -1.00 e. The van der Waals surface area contributed by atoms with Crippen LogP contribution in [0.5, 0.6) is 23.0 Å². The number of hydrogen-bond acceptors (Lipinski definition) is 16. The average molecular weight is 1830 g/mol. The Morgan fingerprint density at radius 1 is 0.411 bits per heavy atom. The Bertz CT molecular complexity index is 5990. The largest absolute Gasteiger partial charge is 1.00 e. The summed E-state index contributed by atoms with van der Waals surface area (Å²) in [5.41, 5.74) is 17.9. The highest BCUT2D eigenvalue weighted by Gasteiger charge is 2.23. The molecule has 17 aromatic rings. The molecule has 124 heavy (non-hydrogen) atoms. The fourth-order valence-corrected chi connectivity index (χ4v) is 15.1. The van der Waals surface area contributed by atoms with E-state index in [-0.39, 0.29) is 33.9 Å². The van der Waals surface area contributed by atoms with Crippen LogP contribution < -0.4 is 42.0 Å². The van der Waals surface area contributed by atoms with Crippen molar-refractivity contribution in [2.75, 3.05) is 40.2 Å². The quantitative estimate of drug-likeness (QED) is 0.0272. The number of aliphatic hydroxyl groups excluding tert-OH is 1. The smallest absolute Gasteiger partial charge is 0.339 e. The van der Waals surface area contributed by atoms with Gasteiger partial charge in [0, 0.05) is 54.5 Å². The van der Waals surface area contributed by atoms with Gasteiger partial charge in [-0.3, -0.25) is 23.1 Å². The van der Waals surface area contributed by atoms with Crippen LogP contribution in [0, 0.1) is 0 Å². The van der Waals surface area contributed by atoms with E-state index in [1.807, 2.05) is 198 Å². The number of imidazole rings is 4. The number of nitrogens with zero attached hydrogens (tertiary/aromatic N) is 12. The summed E-state index contributed by atoms with van der Waals surface area (Å²) in [4.78, 5) is 57.3. The molecule has 0 spiro atoms. The number of aryl methyl sites for hydroxylation is 2. The van der Waals surface area contributed by atoms with Gasteiger partial charge in [0.15, 0.2) is 28.9 Å². The fourth-order valence-electron chi connectivity index (χ4n) is 12.6. The van der Waals surface area contributed by atoms with Crippen LogP contribution in [0.3, 0.4) is 0 Å². The molecule has 0 saturated carbocycles. The summed E-state index contributed by atoms with van der Waals surface area (Å²) in [6.45, 7) is 15.3. The molecule has 638 valence electrons. The molecule has 20 nitrogen and oxygen atoms in total. The lowest BCUT2D eigenvalue weighted by molar-refractivity contribution is -0.0000479. The molecule has 17 rings (SSSR count). The second kappa shape index (κ2) is 51.3. The summed E-state index contributed by atoms with van der Waals surface area (Å²) >= 11 is 2.19. The van der Waals surface area contributed by atoms with Gasteiger partial charge in [0.1, 0.15) is 70.4 Å². The summed E-state index contributed by atoms with van der Waals surface area (Å²) < 4.78 is 40.5. The minimum atomic E-state index is -0.771. The van der Waals surface area contributed by atoms with Crippen molar-refractivity contribution >= 4 is 116 Å². The molecule has 0 aliphatic carbocycles. The molecule has 0 aliphatic rings. The molecule has 0 amide bonds. The van der Waals surface area contributed by atoms with Gasteiger partial charge in [0.05, 0.1) is 70.4 Å². The van der Waals surface area contributed by atoms with E-state index in [1.54, 1.807) is 43.5 Å². The van der Waals surface area contributed by atoms with Crippen molar-refractivity contribution in [3.8, 4) is 45.7 Å². The van der Waals surface area contributed by atoms with Gasteiger partial charge in [-0.05, 0) is 226 Å². The van der Waals surface area contributed by atoms with Crippen LogP contribution in [0.15, 0.2) is 317 Å². The predicted molar refractivity (Wildman–Crippen MR) is 516 cm³/mol. The summed E-state index contributed by atoms with van der Waals surface area (Å²) in [5, 5.41) is 12.1. The third kappa shape index (κ3) is 27.4. The number of aldehydes is 1. The summed E-state index contributed by atoms with van der Waals surface area (Å²) in [6.07, 6.45) is 22.5. The van der Waals surface area contributed by atoms with Crippen LogP contribution in [0.2, 0.25) is 0 Å². The lowest BCUT2D eigenvalue weighted by Crippen LogP contribution is -3.00. The van der Waals surface area contributed by atoms with Crippen molar-refractivity contribution in [3.63, 3.8) is 0 Å². The maximum atomic E-state index is 11.5. The van der Waals surface area contributed by atoms with Crippen LogP contribution in [-0.4, -0.2) is 116 Å². The van der Waals surface area contributed by atoms with Crippen LogP contribution >= 0.6 is 36.2 Å². The standard InChI is InChI=1S/C24H23N3O.C21H21P.C16H15N3O3.C15H15N3O2.C15H13N3O2.C6H6.CH4IP.2CH4.ClH/c1-3-18-5-7-19(8-6-18)9-10-20-15-23-24(25-16-20)27(17-26-23)21-11-13-22(14-12-21)28-4-2;1-2-18-13-15-19(16-14-18)17-22(20-9-5-3-6-10-20)21-11-7-4-8-12-21;1-3-22-13-6-4-12(5-7-13)19-10-18-14-8-11(16(20)21-2)9-17-15(14)19;2*1-2-20-13-5-3-12(4-6-13)18-10-17-14-7-11(9-19)8-16-15(14)18;1-2-4-6-5-3-1;1-3-2;;;/h5-17H,3-4H2,1-2H3;3-16H,2,17H2,1H3;4-10H,3H2,1-2H3;3-8,10,19H,2,9H2,1H3;3-10H,2H2,1H3;1-6H;3H,1H3;2*1H4;1H/b10-9-;;;;;;;;;/i;;;;;;1D;;;. The normalized spacial score (nSPS) is 10.6. The third-order valence-corrected chi connectivity index (χ3v) is 21.5. The Morgan fingerprint density at radius 3 is 1.09 bits per heavy atom. The lowest BCUT2D eigenvalue weighted by atomic mass is 10.1. The number of aliphatic hydroxyl groups is 1. The zero-order valence-electron chi connectivity index (χ0n) is 70.0. The maximum Gasteiger partial charge on any atom is 0.339 e. The van der Waals surface area contributed by atoms with Gasteiger partial charge in [-0.15, -0.1) is 0 Å². The number of aromatic nitrogens is 12.